The number of oxazole rings is 2. The number of carboxylic acid groups (broad SMARTS) is 1. The Bertz CT molecular complexity index is 5210. The maximum Gasteiger partial charge on any atom is 0.354 e. The first-order valence-corrected chi connectivity index (χ1v) is 53.0. The predicted molar refractivity (Wildman–Crippen MR) is 576 cm³/mol. The largest absolute Gasteiger partial charge is 0.486 e. The van der Waals surface area contributed by atoms with E-state index in [1.807, 2.05) is 36.6 Å². The molecular formula is C103H151Cl6N23O18. The van der Waals surface area contributed by atoms with E-state index in [4.69, 9.17) is 109 Å². The summed E-state index contributed by atoms with van der Waals surface area (Å²) in [5.41, 5.74) is 22.3. The molecule has 14 heterocycles. The molecule has 47 heteroatoms. The predicted octanol–water partition coefficient (Wildman–Crippen LogP) is 10.9. The van der Waals surface area contributed by atoms with Crippen molar-refractivity contribution in [2.24, 2.45) is 29.0 Å². The van der Waals surface area contributed by atoms with Crippen LogP contribution in [0.25, 0.3) is 0 Å². The van der Waals surface area contributed by atoms with Crippen LogP contribution in [0.4, 0.5) is 11.6 Å². The Hall–Kier alpha value is -10.5. The summed E-state index contributed by atoms with van der Waals surface area (Å²) in [4.78, 5) is 152. The third-order valence-corrected chi connectivity index (χ3v) is 27.0. The molecule has 0 spiro atoms. The number of β-amino-alcohol motifs (C(OH)–C–C–N with tert-alkyl or cyclic N) is 1. The summed E-state index contributed by atoms with van der Waals surface area (Å²) in [6.45, 7) is 28.4. The van der Waals surface area contributed by atoms with Crippen molar-refractivity contribution >= 4 is 135 Å². The van der Waals surface area contributed by atoms with Crippen molar-refractivity contribution in [3.63, 3.8) is 0 Å². The highest BCUT2D eigenvalue weighted by Crippen LogP contribution is 2.28. The molecule has 0 unspecified atom stereocenters. The van der Waals surface area contributed by atoms with Gasteiger partial charge in [0.05, 0.1) is 36.8 Å². The zero-order chi connectivity index (χ0) is 109. The van der Waals surface area contributed by atoms with Gasteiger partial charge in [0.1, 0.15) is 89.0 Å². The summed E-state index contributed by atoms with van der Waals surface area (Å²) in [6.07, 6.45) is 24.6. The Morgan fingerprint density at radius 2 is 0.807 bits per heavy atom. The monoisotopic (exact) mass is 2210 g/mol. The number of alkyl halides is 3. The number of nitrogens with zero attached hydrogens (tertiary/aromatic N) is 16. The minimum atomic E-state index is -1.11. The third kappa shape index (κ3) is 50.9. The zero-order valence-corrected chi connectivity index (χ0v) is 91.4. The number of fused-ring (bicyclic) bond motifs is 2. The lowest BCUT2D eigenvalue weighted by Crippen LogP contribution is -2.41. The van der Waals surface area contributed by atoms with Crippen LogP contribution in [-0.2, 0) is 63.1 Å². The fourth-order valence-electron chi connectivity index (χ4n) is 16.1. The Morgan fingerprint density at radius 1 is 0.440 bits per heavy atom. The summed E-state index contributed by atoms with van der Waals surface area (Å²) in [5, 5.41) is 59.7. The third-order valence-electron chi connectivity index (χ3n) is 25.5. The van der Waals surface area contributed by atoms with Crippen LogP contribution >= 0.6 is 70.4 Å². The number of aromatic carboxylic acids is 1. The van der Waals surface area contributed by atoms with E-state index in [0.29, 0.717) is 93.0 Å². The van der Waals surface area contributed by atoms with E-state index in [1.54, 1.807) is 59.1 Å². The van der Waals surface area contributed by atoms with Crippen LogP contribution in [0, 0.1) is 11.8 Å². The highest BCUT2D eigenvalue weighted by atomic mass is 35.5. The van der Waals surface area contributed by atoms with Crippen molar-refractivity contribution in [1.82, 2.24) is 89.9 Å². The normalized spacial score (nSPS) is 16.6. The Balaban J connectivity index is 0.000000271. The molecule has 0 radical (unpaired) electrons. The van der Waals surface area contributed by atoms with Gasteiger partial charge in [0.15, 0.2) is 47.4 Å². The number of amides is 5. The van der Waals surface area contributed by atoms with E-state index >= 15 is 0 Å². The van der Waals surface area contributed by atoms with Crippen molar-refractivity contribution in [1.29, 1.82) is 0 Å². The van der Waals surface area contributed by atoms with Crippen molar-refractivity contribution < 1.29 is 87.0 Å². The van der Waals surface area contributed by atoms with E-state index in [2.05, 4.69) is 114 Å². The maximum absolute atomic E-state index is 12.8. The summed E-state index contributed by atoms with van der Waals surface area (Å²) in [7, 11) is 0. The number of nitrogens with one attached hydrogen (secondary N) is 4. The second kappa shape index (κ2) is 71.4. The number of hydrogen-bond donors (Lipinski definition) is 12. The number of halogens is 6. The van der Waals surface area contributed by atoms with Gasteiger partial charge in [0.2, 0.25) is 29.5 Å². The summed E-state index contributed by atoms with van der Waals surface area (Å²) >= 11 is 27.0. The van der Waals surface area contributed by atoms with Crippen LogP contribution in [-0.4, -0.2) is 329 Å². The van der Waals surface area contributed by atoms with Crippen LogP contribution in [0.2, 0.25) is 10.3 Å². The topological polar surface area (TPSA) is 574 Å². The Labute approximate surface area is 909 Å². The number of carbonyl (C=O) groups excluding carboxylic acids is 8. The second-order valence-electron chi connectivity index (χ2n) is 37.5. The Kier molecular flexibility index (Phi) is 61.1. The van der Waals surface area contributed by atoms with Gasteiger partial charge in [-0.15, -0.1) is 47.2 Å². The number of ether oxygens (including phenoxy) is 2. The molecular weight excluding hydrogens is 2060 g/mol. The number of hydrogen-bond acceptors (Lipinski definition) is 35. The van der Waals surface area contributed by atoms with E-state index in [-0.39, 0.29) is 137 Å². The highest BCUT2D eigenvalue weighted by Gasteiger charge is 2.28. The first-order valence-electron chi connectivity index (χ1n) is 50.7. The van der Waals surface area contributed by atoms with Gasteiger partial charge in [0, 0.05) is 218 Å². The molecule has 15 N–H and O–H groups in total. The molecule has 8 aliphatic rings. The van der Waals surface area contributed by atoms with Gasteiger partial charge in [-0.3, -0.25) is 43.3 Å². The Morgan fingerprint density at radius 3 is 1.17 bits per heavy atom. The highest BCUT2D eigenvalue weighted by molar-refractivity contribution is 6.30. The van der Waals surface area contributed by atoms with Gasteiger partial charge in [-0.25, -0.2) is 54.6 Å². The molecule has 8 aromatic rings. The summed E-state index contributed by atoms with van der Waals surface area (Å²) < 4.78 is 21.8. The lowest BCUT2D eigenvalue weighted by Gasteiger charge is -2.31. The molecule has 8 aliphatic heterocycles. The number of rotatable bonds is 29. The lowest BCUT2D eigenvalue weighted by atomic mass is 9.98. The van der Waals surface area contributed by atoms with Gasteiger partial charge < -0.3 is 107 Å². The minimum Gasteiger partial charge on any atom is -0.486 e. The molecule has 6 saturated heterocycles. The van der Waals surface area contributed by atoms with Crippen LogP contribution in [0.3, 0.4) is 0 Å². The number of aliphatic hydroxyl groups is 4. The van der Waals surface area contributed by atoms with Crippen molar-refractivity contribution in [2.75, 3.05) is 133 Å². The first-order chi connectivity index (χ1) is 71.5. The van der Waals surface area contributed by atoms with Gasteiger partial charge >= 0.3 is 5.97 Å². The van der Waals surface area contributed by atoms with Crippen molar-refractivity contribution in [3.05, 3.63) is 178 Å². The fourth-order valence-corrected chi connectivity index (χ4v) is 16.9. The number of aromatic nitrogens is 10. The summed E-state index contributed by atoms with van der Waals surface area (Å²) in [5.74, 6) is 5.81. The number of nitrogens with two attached hydrogens (primary N) is 3. The maximum atomic E-state index is 12.8. The van der Waals surface area contributed by atoms with Crippen LogP contribution in [0.1, 0.15) is 240 Å². The number of anilines is 2. The van der Waals surface area contributed by atoms with Crippen molar-refractivity contribution in [3.8, 4) is 11.5 Å². The van der Waals surface area contributed by atoms with Gasteiger partial charge in [-0.2, -0.15) is 0 Å². The van der Waals surface area contributed by atoms with Gasteiger partial charge in [-0.1, -0.05) is 49.2 Å². The summed E-state index contributed by atoms with van der Waals surface area (Å²) in [6, 6.07) is 19.3. The van der Waals surface area contributed by atoms with Gasteiger partial charge in [0.25, 0.3) is 0 Å². The van der Waals surface area contributed by atoms with E-state index < -0.39 is 30.4 Å². The number of ketones is 3. The zero-order valence-electron chi connectivity index (χ0n) is 86.8. The molecule has 828 valence electrons. The number of piperidine rings is 6. The van der Waals surface area contributed by atoms with E-state index in [9.17, 15) is 53.4 Å². The van der Waals surface area contributed by atoms with Crippen molar-refractivity contribution in [2.45, 2.75) is 252 Å². The number of likely N-dealkylation sites (tertiary alicyclic amines) is 5. The quantitative estimate of drug-likeness (QED) is 0.0118. The number of carboxylic acids is 1. The molecule has 0 saturated carbocycles. The fraction of sp³-hybridized carbons (Fsp3) is 0.583. The molecule has 150 heavy (non-hydrogen) atoms. The molecule has 0 bridgehead atoms. The number of benzene rings is 2. The molecule has 2 aromatic carbocycles. The minimum absolute atomic E-state index is 0. The van der Waals surface area contributed by atoms with Crippen LogP contribution in [0.5, 0.6) is 11.5 Å². The number of aliphatic hydroxyl groups excluding tert-OH is 4. The molecule has 0 aliphatic carbocycles. The molecule has 6 fully saturated rings. The SMILES string of the molecule is CC(=O)N1CCC(C)CC1.CC(=O)N1CCC(N)CC1.CC(=O)N1CCC(N)CC1.CC(=O)N1CCC(Nc2cc(C(=O)CC[C@H](O)CCl)ncn2)CC1.CC(=O)N1CCC(Nc2cc(C(=O)CC[C@H](O)CN3CCc4cc(OCc5cnco5)ccc4C3)ncn2)CC1.CC1CCNCC1.Cl.NC[C@H](O)CCl.O=C(CC[C@H](O)CCl)c1cc(Cl)ncn1.O=C(O)c1cc(Cl)ncn1.c1ncc(COc2ccc3c(c2)CCNC3)o1. The molecule has 16 rings (SSSR count). The van der Waals surface area contributed by atoms with Gasteiger partial charge in [-0.05, 0) is 187 Å². The van der Waals surface area contributed by atoms with E-state index in [0.717, 1.165) is 178 Å². The number of carbonyl (C=O) groups is 9. The standard InChI is InChI=1S/C29H36N6O5.C16H23ClN4O3.C13H14N2O2.C9H10Cl2N2O2.C8H15NO.2C7H14N2O.C6H13N.C5H3ClN2O2.C3H8ClNO.ClH/c1-20(36)35-10-7-23(8-11-35)33-29-13-27(31-18-32-29)28(38)5-3-24(37)16-34-9-6-21-12-25(4-2-22(21)15-34)39-17-26-14-30-19-40-26;1-11(22)21-6-4-12(5-7-21)20-16-8-14(18-10-19-16)15(24)3-2-13(23)9-17;1-2-12(16-8-13-7-15-9-17-13)5-10-3-4-14-6-11(1)10;10-4-6(14)1-2-8(15)7-3-9(11)13-5-12-7;1-7-3-5-9(6-4-7)8(2)10;2*1-6(10)9-4-2-7(8)3-5-9;1-6-2-4-7-5-3-6;6-4-1-3(5(9)10)7-2-8-4;4-1-3(6)2-5;/h2,4,12-14,18-19,23-24,37H,3,5-11,15-17H2,1H3,(H,31,32,33);8,10,12-13,23H,2-7,9H2,1H3,(H,18,19,20);1-2,5,7,9,14H,3-4,6,8H2;3,5-6,14H,1-2,4H2;7H,3-6H2,1-2H3;2*7H,2-5,8H2,1H3;6-7H,2-5H2,1H3;1-2H,(H,9,10);3,6H,1-2,5H2;1H/t24-;13-;;6-;;;;;;3-;/m00.0.....1./s1. The molecule has 6 aromatic heterocycles. The molecule has 41 nitrogen and oxygen atoms in total. The lowest BCUT2D eigenvalue weighted by molar-refractivity contribution is -0.130. The smallest absolute Gasteiger partial charge is 0.354 e. The first kappa shape index (κ1) is 128. The number of Topliss-reactive ketones (excluding diaryl/α,β-unsaturated/α-hetero) is 3. The molecule has 5 amide bonds. The van der Waals surface area contributed by atoms with E-state index in [1.165, 1.54) is 105 Å². The average Bonchev–Trinajstić information content (AvgIpc) is 0.849. The second-order valence-corrected chi connectivity index (χ2v) is 39.2. The average molecular weight is 2210 g/mol. The molecule has 4 atom stereocenters. The van der Waals surface area contributed by atoms with Crippen LogP contribution in [0.15, 0.2) is 120 Å². The van der Waals surface area contributed by atoms with Crippen LogP contribution < -0.4 is 47.9 Å².